The highest BCUT2D eigenvalue weighted by atomic mass is 35.5. The van der Waals surface area contributed by atoms with E-state index in [1.807, 2.05) is 14.1 Å². The van der Waals surface area contributed by atoms with Crippen LogP contribution in [0.3, 0.4) is 0 Å². The maximum absolute atomic E-state index is 13.1. The van der Waals surface area contributed by atoms with Crippen LogP contribution in [0.25, 0.3) is 10.8 Å². The minimum Gasteiger partial charge on any atom is -0.351 e. The molecule has 1 aliphatic heterocycles. The van der Waals surface area contributed by atoms with Gasteiger partial charge in [-0.25, -0.2) is 8.42 Å². The lowest BCUT2D eigenvalue weighted by Crippen LogP contribution is -2.42. The van der Waals surface area contributed by atoms with Crippen LogP contribution < -0.4 is 5.32 Å². The number of fused-ring (bicyclic) bond motifs is 1. The molecule has 2 heterocycles. The fourth-order valence-corrected chi connectivity index (χ4v) is 5.20. The molecule has 7 nitrogen and oxygen atoms in total. The van der Waals surface area contributed by atoms with E-state index in [4.69, 9.17) is 11.6 Å². The molecule has 9 heteroatoms. The number of amides is 1. The standard InChI is InChI=1S/C17H21ClN4O3S/c1-21(2)11-16(23)20-13-6-7-22(10-13)26(24,25)15-5-3-4-12-8-19-9-14(18)17(12)15/h3-5,8-9,13H,6-7,10-11H2,1-2H3,(H,20,23). The van der Waals surface area contributed by atoms with E-state index >= 15 is 0 Å². The number of benzene rings is 1. The van der Waals surface area contributed by atoms with Crippen LogP contribution >= 0.6 is 11.6 Å². The summed E-state index contributed by atoms with van der Waals surface area (Å²) in [5.74, 6) is -0.112. The van der Waals surface area contributed by atoms with Gasteiger partial charge in [-0.2, -0.15) is 4.31 Å². The molecular formula is C17H21ClN4O3S. The van der Waals surface area contributed by atoms with Gasteiger partial charge in [-0.3, -0.25) is 9.78 Å². The summed E-state index contributed by atoms with van der Waals surface area (Å²) in [5.41, 5.74) is 0. The van der Waals surface area contributed by atoms with E-state index in [1.165, 1.54) is 10.5 Å². The lowest BCUT2D eigenvalue weighted by Gasteiger charge is -2.19. The van der Waals surface area contributed by atoms with Gasteiger partial charge in [0.15, 0.2) is 0 Å². The van der Waals surface area contributed by atoms with E-state index < -0.39 is 10.0 Å². The van der Waals surface area contributed by atoms with E-state index in [9.17, 15) is 13.2 Å². The highest BCUT2D eigenvalue weighted by molar-refractivity contribution is 7.89. The molecule has 1 aromatic heterocycles. The molecule has 0 bridgehead atoms. The van der Waals surface area contributed by atoms with Crippen LogP contribution in [-0.4, -0.2) is 68.3 Å². The first-order chi connectivity index (χ1) is 12.3. The molecule has 1 unspecified atom stereocenters. The van der Waals surface area contributed by atoms with Crippen LogP contribution in [-0.2, 0) is 14.8 Å². The Bertz CT molecular complexity index is 927. The summed E-state index contributed by atoms with van der Waals surface area (Å²) in [4.78, 5) is 17.9. The first kappa shape index (κ1) is 19.0. The van der Waals surface area contributed by atoms with E-state index in [1.54, 1.807) is 29.3 Å². The molecular weight excluding hydrogens is 376 g/mol. The molecule has 140 valence electrons. The van der Waals surface area contributed by atoms with Crippen LogP contribution in [0.5, 0.6) is 0 Å². The normalized spacial score (nSPS) is 18.5. The van der Waals surface area contributed by atoms with Gasteiger partial charge in [0.2, 0.25) is 15.9 Å². The van der Waals surface area contributed by atoms with E-state index in [0.29, 0.717) is 28.8 Å². The zero-order chi connectivity index (χ0) is 18.9. The number of nitrogens with one attached hydrogen (secondary N) is 1. The SMILES string of the molecule is CN(C)CC(=O)NC1CCN(S(=O)(=O)c2cccc3cncc(Cl)c23)C1. The van der Waals surface area contributed by atoms with Crippen molar-refractivity contribution >= 4 is 38.3 Å². The van der Waals surface area contributed by atoms with Crippen molar-refractivity contribution in [3.8, 4) is 0 Å². The van der Waals surface area contributed by atoms with Crippen molar-refractivity contribution in [3.05, 3.63) is 35.6 Å². The second-order valence-corrected chi connectivity index (χ2v) is 8.94. The summed E-state index contributed by atoms with van der Waals surface area (Å²) in [6, 6.07) is 4.83. The fraction of sp³-hybridized carbons (Fsp3) is 0.412. The number of carbonyl (C=O) groups excluding carboxylic acids is 1. The zero-order valence-electron chi connectivity index (χ0n) is 14.6. The minimum atomic E-state index is -3.72. The van der Waals surface area contributed by atoms with Gasteiger partial charge in [-0.15, -0.1) is 0 Å². The van der Waals surface area contributed by atoms with Gasteiger partial charge in [0.25, 0.3) is 0 Å². The molecule has 1 N–H and O–H groups in total. The van der Waals surface area contributed by atoms with Crippen molar-refractivity contribution in [2.75, 3.05) is 33.7 Å². The van der Waals surface area contributed by atoms with E-state index in [0.717, 1.165) is 0 Å². The number of aromatic nitrogens is 1. The second-order valence-electron chi connectivity index (χ2n) is 6.63. The fourth-order valence-electron chi connectivity index (χ4n) is 3.14. The number of hydrogen-bond acceptors (Lipinski definition) is 5. The number of sulfonamides is 1. The molecule has 1 fully saturated rings. The van der Waals surface area contributed by atoms with Crippen LogP contribution in [0.15, 0.2) is 35.5 Å². The van der Waals surface area contributed by atoms with Crippen LogP contribution in [0.2, 0.25) is 5.02 Å². The number of nitrogens with zero attached hydrogens (tertiary/aromatic N) is 3. The monoisotopic (exact) mass is 396 g/mol. The maximum atomic E-state index is 13.1. The Morgan fingerprint density at radius 1 is 1.38 bits per heavy atom. The van der Waals surface area contributed by atoms with Gasteiger partial charge in [0.1, 0.15) is 0 Å². The molecule has 0 spiro atoms. The Morgan fingerprint density at radius 3 is 2.88 bits per heavy atom. The van der Waals surface area contributed by atoms with Crippen molar-refractivity contribution in [3.63, 3.8) is 0 Å². The van der Waals surface area contributed by atoms with Crippen molar-refractivity contribution in [1.82, 2.24) is 19.5 Å². The van der Waals surface area contributed by atoms with Gasteiger partial charge in [0.05, 0.1) is 16.5 Å². The van der Waals surface area contributed by atoms with Crippen LogP contribution in [0, 0.1) is 0 Å². The molecule has 0 radical (unpaired) electrons. The quantitative estimate of drug-likeness (QED) is 0.824. The predicted octanol–water partition coefficient (Wildman–Crippen LogP) is 1.33. The minimum absolute atomic E-state index is 0.112. The molecule has 1 aromatic carbocycles. The Balaban J connectivity index is 1.83. The first-order valence-electron chi connectivity index (χ1n) is 8.25. The number of rotatable bonds is 5. The van der Waals surface area contributed by atoms with Crippen molar-refractivity contribution in [2.24, 2.45) is 0 Å². The number of halogens is 1. The molecule has 26 heavy (non-hydrogen) atoms. The molecule has 0 aliphatic carbocycles. The van der Waals surface area contributed by atoms with Gasteiger partial charge in [0, 0.05) is 42.3 Å². The molecule has 1 atom stereocenters. The number of likely N-dealkylation sites (N-methyl/N-ethyl adjacent to an activating group) is 1. The molecule has 0 saturated carbocycles. The Hall–Kier alpha value is -1.74. The van der Waals surface area contributed by atoms with Crippen LogP contribution in [0.1, 0.15) is 6.42 Å². The van der Waals surface area contributed by atoms with Gasteiger partial charge in [-0.1, -0.05) is 23.7 Å². The Kier molecular flexibility index (Phi) is 5.47. The molecule has 1 aliphatic rings. The topological polar surface area (TPSA) is 82.6 Å². The highest BCUT2D eigenvalue weighted by Gasteiger charge is 2.34. The summed E-state index contributed by atoms with van der Waals surface area (Å²) < 4.78 is 27.7. The predicted molar refractivity (Wildman–Crippen MR) is 101 cm³/mol. The Labute approximate surface area is 158 Å². The average molecular weight is 397 g/mol. The van der Waals surface area contributed by atoms with E-state index in [2.05, 4.69) is 10.3 Å². The van der Waals surface area contributed by atoms with E-state index in [-0.39, 0.29) is 29.9 Å². The second kappa shape index (κ2) is 7.48. The lowest BCUT2D eigenvalue weighted by molar-refractivity contribution is -0.122. The van der Waals surface area contributed by atoms with Gasteiger partial charge < -0.3 is 10.2 Å². The molecule has 1 saturated heterocycles. The zero-order valence-corrected chi connectivity index (χ0v) is 16.2. The number of pyridine rings is 1. The van der Waals surface area contributed by atoms with Crippen molar-refractivity contribution in [1.29, 1.82) is 0 Å². The molecule has 2 aromatic rings. The Morgan fingerprint density at radius 2 is 2.15 bits per heavy atom. The first-order valence-corrected chi connectivity index (χ1v) is 10.1. The van der Waals surface area contributed by atoms with Gasteiger partial charge >= 0.3 is 0 Å². The third-order valence-electron chi connectivity index (χ3n) is 4.29. The third kappa shape index (κ3) is 3.83. The van der Waals surface area contributed by atoms with Gasteiger partial charge in [-0.05, 0) is 26.6 Å². The summed E-state index contributed by atoms with van der Waals surface area (Å²) in [6.07, 6.45) is 3.62. The average Bonchev–Trinajstić information content (AvgIpc) is 3.03. The molecule has 1 amide bonds. The largest absolute Gasteiger partial charge is 0.351 e. The highest BCUT2D eigenvalue weighted by Crippen LogP contribution is 2.32. The number of hydrogen-bond donors (Lipinski definition) is 1. The summed E-state index contributed by atoms with van der Waals surface area (Å²) in [5, 5.41) is 4.34. The van der Waals surface area contributed by atoms with Crippen molar-refractivity contribution in [2.45, 2.75) is 17.4 Å². The number of carbonyl (C=O) groups is 1. The third-order valence-corrected chi connectivity index (χ3v) is 6.49. The lowest BCUT2D eigenvalue weighted by atomic mass is 10.2. The summed E-state index contributed by atoms with van der Waals surface area (Å²) >= 11 is 6.21. The molecule has 3 rings (SSSR count). The smallest absolute Gasteiger partial charge is 0.243 e. The van der Waals surface area contributed by atoms with Crippen molar-refractivity contribution < 1.29 is 13.2 Å². The maximum Gasteiger partial charge on any atom is 0.243 e. The summed E-state index contributed by atoms with van der Waals surface area (Å²) in [6.45, 7) is 0.879. The summed E-state index contributed by atoms with van der Waals surface area (Å²) in [7, 11) is -0.101. The van der Waals surface area contributed by atoms with Crippen LogP contribution in [0.4, 0.5) is 0 Å².